The minimum atomic E-state index is 0.120. The normalized spacial score (nSPS) is 17.8. The van der Waals surface area contributed by atoms with Crippen LogP contribution in [0.25, 0.3) is 0 Å². The molecule has 0 radical (unpaired) electrons. The van der Waals surface area contributed by atoms with E-state index in [0.717, 1.165) is 12.3 Å². The van der Waals surface area contributed by atoms with E-state index in [1.54, 1.807) is 0 Å². The first-order valence-electron chi connectivity index (χ1n) is 6.11. The third kappa shape index (κ3) is 2.61. The zero-order valence-electron chi connectivity index (χ0n) is 10.2. The fraction of sp³-hybridized carbons (Fsp3) is 0.769. The van der Waals surface area contributed by atoms with Gasteiger partial charge in [0.15, 0.2) is 0 Å². The first-order chi connectivity index (χ1) is 7.05. The topological polar surface area (TPSA) is 17.8 Å². The summed E-state index contributed by atoms with van der Waals surface area (Å²) in [6.45, 7) is 6.57. The molecule has 2 rings (SSSR count). The molecule has 2 heteroatoms. The van der Waals surface area contributed by atoms with Gasteiger partial charge in [-0.05, 0) is 45.6 Å². The van der Waals surface area contributed by atoms with Crippen molar-refractivity contribution >= 4 is 0 Å². The highest BCUT2D eigenvalue weighted by Crippen LogP contribution is 2.30. The van der Waals surface area contributed by atoms with Crippen molar-refractivity contribution in [1.29, 1.82) is 0 Å². The second-order valence-corrected chi connectivity index (χ2v) is 5.76. The molecular formula is C13H22N2. The van der Waals surface area contributed by atoms with Crippen LogP contribution >= 0.6 is 0 Å². The molecule has 1 fully saturated rings. The maximum absolute atomic E-state index is 4.63. The first-order valence-corrected chi connectivity index (χ1v) is 6.11. The van der Waals surface area contributed by atoms with Crippen LogP contribution in [0.5, 0.6) is 0 Å². The van der Waals surface area contributed by atoms with Crippen molar-refractivity contribution in [2.75, 3.05) is 0 Å². The van der Waals surface area contributed by atoms with Gasteiger partial charge in [-0.25, -0.2) is 0 Å². The molecule has 2 nitrogen and oxygen atoms in total. The fourth-order valence-electron chi connectivity index (χ4n) is 2.00. The standard InChI is InChI=1S/C13H22N2/c1-13(2,3)15-10-9-12(14-15)8-7-11-5-4-6-11/h9-11H,4-8H2,1-3H3. The quantitative estimate of drug-likeness (QED) is 0.741. The van der Waals surface area contributed by atoms with Gasteiger partial charge in [-0.1, -0.05) is 19.3 Å². The second-order valence-electron chi connectivity index (χ2n) is 5.76. The molecule has 1 aliphatic carbocycles. The summed E-state index contributed by atoms with van der Waals surface area (Å²) in [6.07, 6.45) is 8.94. The Kier molecular flexibility index (Phi) is 2.85. The predicted octanol–water partition coefficient (Wildman–Crippen LogP) is 3.37. The van der Waals surface area contributed by atoms with Gasteiger partial charge in [0, 0.05) is 6.20 Å². The summed E-state index contributed by atoms with van der Waals surface area (Å²) < 4.78 is 2.07. The number of aromatic nitrogens is 2. The van der Waals surface area contributed by atoms with Crippen molar-refractivity contribution in [3.63, 3.8) is 0 Å². The van der Waals surface area contributed by atoms with E-state index in [4.69, 9.17) is 0 Å². The average Bonchev–Trinajstić information content (AvgIpc) is 2.48. The lowest BCUT2D eigenvalue weighted by atomic mass is 9.82. The maximum Gasteiger partial charge on any atom is 0.0624 e. The van der Waals surface area contributed by atoms with Gasteiger partial charge in [-0.3, -0.25) is 4.68 Å². The van der Waals surface area contributed by atoms with E-state index < -0.39 is 0 Å². The molecule has 1 heterocycles. The minimum Gasteiger partial charge on any atom is -0.267 e. The molecule has 0 aromatic carbocycles. The van der Waals surface area contributed by atoms with Gasteiger partial charge in [-0.2, -0.15) is 5.10 Å². The average molecular weight is 206 g/mol. The lowest BCUT2D eigenvalue weighted by molar-refractivity contribution is 0.294. The number of hydrogen-bond acceptors (Lipinski definition) is 1. The van der Waals surface area contributed by atoms with Crippen LogP contribution in [0.3, 0.4) is 0 Å². The molecule has 1 saturated carbocycles. The van der Waals surface area contributed by atoms with Crippen molar-refractivity contribution in [2.24, 2.45) is 5.92 Å². The summed E-state index contributed by atoms with van der Waals surface area (Å²) in [5.74, 6) is 0.991. The lowest BCUT2D eigenvalue weighted by Crippen LogP contribution is -2.22. The molecular weight excluding hydrogens is 184 g/mol. The molecule has 0 N–H and O–H groups in total. The van der Waals surface area contributed by atoms with Crippen LogP contribution in [-0.4, -0.2) is 9.78 Å². The van der Waals surface area contributed by atoms with E-state index in [9.17, 15) is 0 Å². The Morgan fingerprint density at radius 3 is 2.60 bits per heavy atom. The SMILES string of the molecule is CC(C)(C)n1ccc(CCC2CCC2)n1. The smallest absolute Gasteiger partial charge is 0.0624 e. The van der Waals surface area contributed by atoms with E-state index in [1.807, 2.05) is 0 Å². The summed E-state index contributed by atoms with van der Waals surface area (Å²) in [4.78, 5) is 0. The Morgan fingerprint density at radius 1 is 1.40 bits per heavy atom. The van der Waals surface area contributed by atoms with Crippen molar-refractivity contribution < 1.29 is 0 Å². The minimum absolute atomic E-state index is 0.120. The van der Waals surface area contributed by atoms with Crippen molar-refractivity contribution in [2.45, 2.75) is 58.4 Å². The first kappa shape index (κ1) is 10.7. The van der Waals surface area contributed by atoms with Gasteiger partial charge in [-0.15, -0.1) is 0 Å². The molecule has 0 atom stereocenters. The molecule has 1 aromatic rings. The maximum atomic E-state index is 4.63. The molecule has 0 unspecified atom stereocenters. The Labute approximate surface area is 92.7 Å². The zero-order valence-corrected chi connectivity index (χ0v) is 10.2. The summed E-state index contributed by atoms with van der Waals surface area (Å²) in [5.41, 5.74) is 1.38. The monoisotopic (exact) mass is 206 g/mol. The zero-order chi connectivity index (χ0) is 10.9. The van der Waals surface area contributed by atoms with Gasteiger partial charge in [0.05, 0.1) is 11.2 Å². The van der Waals surface area contributed by atoms with Crippen molar-refractivity contribution in [3.05, 3.63) is 18.0 Å². The highest BCUT2D eigenvalue weighted by molar-refractivity contribution is 5.01. The Bertz CT molecular complexity index is 316. The van der Waals surface area contributed by atoms with Gasteiger partial charge in [0.2, 0.25) is 0 Å². The van der Waals surface area contributed by atoms with E-state index in [1.165, 1.54) is 31.4 Å². The molecule has 0 saturated heterocycles. The largest absolute Gasteiger partial charge is 0.267 e. The Hall–Kier alpha value is -0.790. The molecule has 1 aliphatic rings. The van der Waals surface area contributed by atoms with Gasteiger partial charge in [0.25, 0.3) is 0 Å². The molecule has 15 heavy (non-hydrogen) atoms. The fourth-order valence-corrected chi connectivity index (χ4v) is 2.00. The van der Waals surface area contributed by atoms with Crippen LogP contribution < -0.4 is 0 Å². The predicted molar refractivity (Wildman–Crippen MR) is 62.9 cm³/mol. The molecule has 84 valence electrons. The number of rotatable bonds is 3. The summed E-state index contributed by atoms with van der Waals surface area (Å²) in [5, 5.41) is 4.63. The number of nitrogens with zero attached hydrogens (tertiary/aromatic N) is 2. The van der Waals surface area contributed by atoms with E-state index in [-0.39, 0.29) is 5.54 Å². The van der Waals surface area contributed by atoms with Crippen LogP contribution in [-0.2, 0) is 12.0 Å². The lowest BCUT2D eigenvalue weighted by Gasteiger charge is -2.24. The van der Waals surface area contributed by atoms with E-state index in [2.05, 4.69) is 42.8 Å². The molecule has 0 aliphatic heterocycles. The van der Waals surface area contributed by atoms with Crippen LogP contribution in [0.2, 0.25) is 0 Å². The highest BCUT2D eigenvalue weighted by atomic mass is 15.3. The van der Waals surface area contributed by atoms with Crippen LogP contribution in [0, 0.1) is 5.92 Å². The van der Waals surface area contributed by atoms with Gasteiger partial charge < -0.3 is 0 Å². The van der Waals surface area contributed by atoms with E-state index in [0.29, 0.717) is 0 Å². The molecule has 1 aromatic heterocycles. The van der Waals surface area contributed by atoms with Crippen LogP contribution in [0.4, 0.5) is 0 Å². The highest BCUT2D eigenvalue weighted by Gasteiger charge is 2.18. The Balaban J connectivity index is 1.89. The Morgan fingerprint density at radius 2 is 2.13 bits per heavy atom. The third-order valence-corrected chi connectivity index (χ3v) is 3.37. The van der Waals surface area contributed by atoms with Gasteiger partial charge >= 0.3 is 0 Å². The molecule has 0 bridgehead atoms. The number of hydrogen-bond donors (Lipinski definition) is 0. The molecule has 0 amide bonds. The van der Waals surface area contributed by atoms with Crippen molar-refractivity contribution in [1.82, 2.24) is 9.78 Å². The van der Waals surface area contributed by atoms with Crippen LogP contribution in [0.15, 0.2) is 12.3 Å². The van der Waals surface area contributed by atoms with Gasteiger partial charge in [0.1, 0.15) is 0 Å². The van der Waals surface area contributed by atoms with Crippen molar-refractivity contribution in [3.8, 4) is 0 Å². The summed E-state index contributed by atoms with van der Waals surface area (Å²) in [6, 6.07) is 2.17. The number of aryl methyl sites for hydroxylation is 1. The summed E-state index contributed by atoms with van der Waals surface area (Å²) in [7, 11) is 0. The second kappa shape index (κ2) is 3.99. The van der Waals surface area contributed by atoms with Crippen LogP contribution in [0.1, 0.15) is 52.1 Å². The molecule has 0 spiro atoms. The van der Waals surface area contributed by atoms with E-state index >= 15 is 0 Å². The third-order valence-electron chi connectivity index (χ3n) is 3.37. The summed E-state index contributed by atoms with van der Waals surface area (Å²) >= 11 is 0.